The summed E-state index contributed by atoms with van der Waals surface area (Å²) >= 11 is 0. The molecular formula is C16H17N3O. The second kappa shape index (κ2) is 5.25. The molecule has 0 bridgehead atoms. The highest BCUT2D eigenvalue weighted by Gasteiger charge is 2.12. The number of para-hydroxylation sites is 1. The summed E-state index contributed by atoms with van der Waals surface area (Å²) < 4.78 is 7.61. The Morgan fingerprint density at radius 3 is 2.65 bits per heavy atom. The van der Waals surface area contributed by atoms with Gasteiger partial charge in [-0.15, -0.1) is 0 Å². The minimum Gasteiger partial charge on any atom is -0.492 e. The standard InChI is InChI=1S/C16H17N3O/c1-2-20-14-10-6-9-13-15(14)18-16(17)19(13)11-12-7-4-3-5-8-12/h3-10H,2,11H2,1H3,(H2,17,18). The van der Waals surface area contributed by atoms with Crippen LogP contribution in [0.4, 0.5) is 5.95 Å². The molecule has 0 amide bonds. The van der Waals surface area contributed by atoms with Crippen LogP contribution >= 0.6 is 0 Å². The first-order chi connectivity index (χ1) is 9.79. The van der Waals surface area contributed by atoms with Crippen LogP contribution < -0.4 is 10.5 Å². The Morgan fingerprint density at radius 1 is 1.10 bits per heavy atom. The van der Waals surface area contributed by atoms with Gasteiger partial charge in [0.2, 0.25) is 5.95 Å². The third-order valence-corrected chi connectivity index (χ3v) is 3.25. The number of hydrogen-bond acceptors (Lipinski definition) is 3. The highest BCUT2D eigenvalue weighted by molar-refractivity contribution is 5.84. The first-order valence-corrected chi connectivity index (χ1v) is 6.71. The van der Waals surface area contributed by atoms with Crippen molar-refractivity contribution in [1.29, 1.82) is 0 Å². The van der Waals surface area contributed by atoms with E-state index in [2.05, 4.69) is 17.1 Å². The molecule has 0 aliphatic rings. The van der Waals surface area contributed by atoms with Gasteiger partial charge < -0.3 is 15.0 Å². The van der Waals surface area contributed by atoms with Crippen LogP contribution in [0.3, 0.4) is 0 Å². The first-order valence-electron chi connectivity index (χ1n) is 6.71. The number of nitrogens with zero attached hydrogens (tertiary/aromatic N) is 2. The van der Waals surface area contributed by atoms with Crippen LogP contribution in [0.25, 0.3) is 11.0 Å². The lowest BCUT2D eigenvalue weighted by Crippen LogP contribution is -2.04. The van der Waals surface area contributed by atoms with Gasteiger partial charge in [0.25, 0.3) is 0 Å². The average molecular weight is 267 g/mol. The zero-order chi connectivity index (χ0) is 13.9. The van der Waals surface area contributed by atoms with Gasteiger partial charge in [0, 0.05) is 0 Å². The van der Waals surface area contributed by atoms with Gasteiger partial charge in [0.15, 0.2) is 0 Å². The molecule has 102 valence electrons. The largest absolute Gasteiger partial charge is 0.492 e. The summed E-state index contributed by atoms with van der Waals surface area (Å²) in [5, 5.41) is 0. The lowest BCUT2D eigenvalue weighted by Gasteiger charge is -2.07. The molecule has 4 nitrogen and oxygen atoms in total. The fourth-order valence-electron chi connectivity index (χ4n) is 2.34. The maximum absolute atomic E-state index is 6.06. The summed E-state index contributed by atoms with van der Waals surface area (Å²) in [6.07, 6.45) is 0. The normalized spacial score (nSPS) is 10.8. The summed E-state index contributed by atoms with van der Waals surface area (Å²) in [5.41, 5.74) is 9.08. The van der Waals surface area contributed by atoms with E-state index in [-0.39, 0.29) is 0 Å². The summed E-state index contributed by atoms with van der Waals surface area (Å²) in [4.78, 5) is 4.44. The van der Waals surface area contributed by atoms with E-state index in [0.29, 0.717) is 19.1 Å². The van der Waals surface area contributed by atoms with E-state index in [1.807, 2.05) is 47.9 Å². The van der Waals surface area contributed by atoms with Crippen molar-refractivity contribution in [2.24, 2.45) is 0 Å². The molecule has 4 heteroatoms. The van der Waals surface area contributed by atoms with Crippen LogP contribution in [0.2, 0.25) is 0 Å². The number of anilines is 1. The fourth-order valence-corrected chi connectivity index (χ4v) is 2.34. The fraction of sp³-hybridized carbons (Fsp3) is 0.188. The quantitative estimate of drug-likeness (QED) is 0.790. The number of nitrogens with two attached hydrogens (primary N) is 1. The van der Waals surface area contributed by atoms with Crippen molar-refractivity contribution in [3.8, 4) is 5.75 Å². The molecule has 3 aromatic rings. The zero-order valence-electron chi connectivity index (χ0n) is 11.4. The molecule has 0 radical (unpaired) electrons. The molecule has 0 aliphatic carbocycles. The van der Waals surface area contributed by atoms with Crippen LogP contribution in [0.15, 0.2) is 48.5 Å². The van der Waals surface area contributed by atoms with Gasteiger partial charge in [0.05, 0.1) is 18.7 Å². The number of fused-ring (bicyclic) bond motifs is 1. The van der Waals surface area contributed by atoms with Crippen LogP contribution in [-0.2, 0) is 6.54 Å². The Balaban J connectivity index is 2.07. The minimum atomic E-state index is 0.510. The average Bonchev–Trinajstić information content (AvgIpc) is 2.78. The zero-order valence-corrected chi connectivity index (χ0v) is 11.4. The molecule has 0 spiro atoms. The molecule has 2 N–H and O–H groups in total. The summed E-state index contributed by atoms with van der Waals surface area (Å²) in [7, 11) is 0. The van der Waals surface area contributed by atoms with E-state index in [1.165, 1.54) is 5.56 Å². The van der Waals surface area contributed by atoms with Gasteiger partial charge in [-0.05, 0) is 24.6 Å². The molecule has 0 fully saturated rings. The number of benzene rings is 2. The number of nitrogen functional groups attached to an aromatic ring is 1. The molecule has 0 unspecified atom stereocenters. The summed E-state index contributed by atoms with van der Waals surface area (Å²) in [6.45, 7) is 3.28. The number of imidazole rings is 1. The Labute approximate surface area is 117 Å². The van der Waals surface area contributed by atoms with Gasteiger partial charge in [-0.25, -0.2) is 4.98 Å². The number of aromatic nitrogens is 2. The third kappa shape index (κ3) is 2.20. The Hall–Kier alpha value is -2.49. The third-order valence-electron chi connectivity index (χ3n) is 3.25. The van der Waals surface area contributed by atoms with Crippen molar-refractivity contribution in [2.45, 2.75) is 13.5 Å². The number of rotatable bonds is 4. The van der Waals surface area contributed by atoms with E-state index in [4.69, 9.17) is 10.5 Å². The smallest absolute Gasteiger partial charge is 0.201 e. The SMILES string of the molecule is CCOc1cccc2c1nc(N)n2Cc1ccccc1. The monoisotopic (exact) mass is 267 g/mol. The lowest BCUT2D eigenvalue weighted by atomic mass is 10.2. The molecule has 0 saturated carbocycles. The molecule has 0 aliphatic heterocycles. The lowest BCUT2D eigenvalue weighted by molar-refractivity contribution is 0.343. The number of ether oxygens (including phenoxy) is 1. The predicted octanol–water partition coefficient (Wildman–Crippen LogP) is 3.07. The highest BCUT2D eigenvalue weighted by Crippen LogP contribution is 2.27. The van der Waals surface area contributed by atoms with E-state index in [9.17, 15) is 0 Å². The maximum Gasteiger partial charge on any atom is 0.201 e. The molecular weight excluding hydrogens is 250 g/mol. The second-order valence-electron chi connectivity index (χ2n) is 4.60. The second-order valence-corrected chi connectivity index (χ2v) is 4.60. The molecule has 0 saturated heterocycles. The summed E-state index contributed by atoms with van der Waals surface area (Å²) in [6, 6.07) is 16.1. The predicted molar refractivity (Wildman–Crippen MR) is 80.9 cm³/mol. The molecule has 3 rings (SSSR count). The van der Waals surface area contributed by atoms with Crippen LogP contribution in [0.5, 0.6) is 5.75 Å². The van der Waals surface area contributed by atoms with Crippen LogP contribution in [0, 0.1) is 0 Å². The van der Waals surface area contributed by atoms with Gasteiger partial charge >= 0.3 is 0 Å². The summed E-state index contributed by atoms with van der Waals surface area (Å²) in [5.74, 6) is 1.29. The van der Waals surface area contributed by atoms with Crippen LogP contribution in [0.1, 0.15) is 12.5 Å². The minimum absolute atomic E-state index is 0.510. The Morgan fingerprint density at radius 2 is 1.90 bits per heavy atom. The van der Waals surface area contributed by atoms with Crippen molar-refractivity contribution in [2.75, 3.05) is 12.3 Å². The molecule has 0 atom stereocenters. The van der Waals surface area contributed by atoms with Gasteiger partial charge in [0.1, 0.15) is 11.3 Å². The van der Waals surface area contributed by atoms with Gasteiger partial charge in [-0.2, -0.15) is 0 Å². The molecule has 2 aromatic carbocycles. The van der Waals surface area contributed by atoms with E-state index in [1.54, 1.807) is 0 Å². The van der Waals surface area contributed by atoms with Crippen molar-refractivity contribution in [3.05, 3.63) is 54.1 Å². The van der Waals surface area contributed by atoms with Gasteiger partial charge in [-0.1, -0.05) is 36.4 Å². The highest BCUT2D eigenvalue weighted by atomic mass is 16.5. The Bertz CT molecular complexity index is 719. The first kappa shape index (κ1) is 12.5. The molecule has 20 heavy (non-hydrogen) atoms. The number of hydrogen-bond donors (Lipinski definition) is 1. The van der Waals surface area contributed by atoms with Gasteiger partial charge in [-0.3, -0.25) is 0 Å². The van der Waals surface area contributed by atoms with E-state index in [0.717, 1.165) is 16.8 Å². The molecule has 1 aromatic heterocycles. The topological polar surface area (TPSA) is 53.1 Å². The maximum atomic E-state index is 6.06. The Kier molecular flexibility index (Phi) is 3.29. The van der Waals surface area contributed by atoms with E-state index >= 15 is 0 Å². The van der Waals surface area contributed by atoms with E-state index < -0.39 is 0 Å². The van der Waals surface area contributed by atoms with Crippen molar-refractivity contribution in [1.82, 2.24) is 9.55 Å². The van der Waals surface area contributed by atoms with Crippen LogP contribution in [-0.4, -0.2) is 16.2 Å². The van der Waals surface area contributed by atoms with Crippen molar-refractivity contribution >= 4 is 17.0 Å². The van der Waals surface area contributed by atoms with Crippen molar-refractivity contribution in [3.63, 3.8) is 0 Å². The molecule has 1 heterocycles. The van der Waals surface area contributed by atoms with Crippen molar-refractivity contribution < 1.29 is 4.74 Å².